The highest BCUT2D eigenvalue weighted by atomic mass is 35.5. The van der Waals surface area contributed by atoms with Gasteiger partial charge in [0.15, 0.2) is 5.76 Å². The highest BCUT2D eigenvalue weighted by Crippen LogP contribution is 2.35. The third kappa shape index (κ3) is 3.89. The van der Waals surface area contributed by atoms with Crippen molar-refractivity contribution in [2.75, 3.05) is 6.54 Å². The lowest BCUT2D eigenvalue weighted by Crippen LogP contribution is -2.49. The Hall–Kier alpha value is -1.83. The van der Waals surface area contributed by atoms with Crippen molar-refractivity contribution in [1.29, 1.82) is 0 Å². The average molecular weight is 385 g/mol. The van der Waals surface area contributed by atoms with Crippen LogP contribution in [0.4, 0.5) is 0 Å². The number of aromatic nitrogens is 2. The van der Waals surface area contributed by atoms with Crippen LogP contribution in [-0.4, -0.2) is 40.6 Å². The smallest absolute Gasteiger partial charge is 0.287 e. The lowest BCUT2D eigenvalue weighted by atomic mass is 9.99. The summed E-state index contributed by atoms with van der Waals surface area (Å²) in [6.07, 6.45) is 4.53. The molecule has 0 saturated carbocycles. The molecule has 1 aliphatic rings. The van der Waals surface area contributed by atoms with E-state index < -0.39 is 0 Å². The molecule has 3 rings (SSSR count). The molecule has 0 radical (unpaired) electrons. The van der Waals surface area contributed by atoms with Gasteiger partial charge in [0.05, 0.1) is 22.5 Å². The molecule has 0 aliphatic carbocycles. The van der Waals surface area contributed by atoms with Crippen molar-refractivity contribution in [2.24, 2.45) is 7.05 Å². The van der Waals surface area contributed by atoms with Gasteiger partial charge < -0.3 is 19.8 Å². The Morgan fingerprint density at radius 2 is 2.32 bits per heavy atom. The molecule has 1 saturated heterocycles. The second kappa shape index (κ2) is 7.59. The topological polar surface area (TPSA) is 89.2 Å². The maximum Gasteiger partial charge on any atom is 0.287 e. The summed E-state index contributed by atoms with van der Waals surface area (Å²) in [6, 6.07) is 1.72. The predicted molar refractivity (Wildman–Crippen MR) is 93.9 cm³/mol. The van der Waals surface area contributed by atoms with E-state index in [2.05, 4.69) is 15.7 Å². The summed E-state index contributed by atoms with van der Waals surface area (Å²) in [7, 11) is 1.73. The van der Waals surface area contributed by atoms with E-state index in [9.17, 15) is 9.59 Å². The first-order valence-electron chi connectivity index (χ1n) is 7.94. The van der Waals surface area contributed by atoms with E-state index in [4.69, 9.17) is 27.6 Å². The fourth-order valence-corrected chi connectivity index (χ4v) is 3.46. The van der Waals surface area contributed by atoms with Crippen molar-refractivity contribution >= 4 is 35.4 Å². The Morgan fingerprint density at radius 3 is 2.92 bits per heavy atom. The number of furan rings is 1. The first-order valence-corrected chi connectivity index (χ1v) is 8.70. The number of aryl methyl sites for hydroxylation is 1. The molecule has 3 heterocycles. The molecule has 2 N–H and O–H groups in total. The molecule has 2 aromatic heterocycles. The largest absolute Gasteiger partial charge is 0.439 e. The molecular formula is C16H18Cl2N4O3. The normalized spacial score (nSPS) is 20.4. The molecule has 25 heavy (non-hydrogen) atoms. The molecule has 1 amide bonds. The molecule has 134 valence electrons. The lowest BCUT2D eigenvalue weighted by Gasteiger charge is -2.29. The molecule has 0 bridgehead atoms. The van der Waals surface area contributed by atoms with E-state index in [0.717, 1.165) is 19.1 Å². The number of amides is 1. The van der Waals surface area contributed by atoms with Gasteiger partial charge in [-0.2, -0.15) is 5.10 Å². The van der Waals surface area contributed by atoms with E-state index >= 15 is 0 Å². The van der Waals surface area contributed by atoms with Crippen molar-refractivity contribution in [3.8, 4) is 11.3 Å². The van der Waals surface area contributed by atoms with Crippen LogP contribution in [-0.2, 0) is 11.8 Å². The minimum Gasteiger partial charge on any atom is -0.439 e. The van der Waals surface area contributed by atoms with Crippen LogP contribution in [0.15, 0.2) is 16.7 Å². The van der Waals surface area contributed by atoms with Crippen LogP contribution in [0.1, 0.15) is 29.8 Å². The minimum absolute atomic E-state index is 0.0250. The highest BCUT2D eigenvalue weighted by molar-refractivity contribution is 6.35. The number of halogens is 2. The Morgan fingerprint density at radius 1 is 1.52 bits per heavy atom. The third-order valence-corrected chi connectivity index (χ3v) is 4.85. The maximum atomic E-state index is 12.4. The second-order valence-electron chi connectivity index (χ2n) is 6.02. The third-order valence-electron chi connectivity index (χ3n) is 4.29. The number of aldehydes is 1. The number of nitrogens with one attached hydrogen (secondary N) is 2. The first kappa shape index (κ1) is 18.0. The quantitative estimate of drug-likeness (QED) is 0.772. The number of rotatable bonds is 5. The van der Waals surface area contributed by atoms with Gasteiger partial charge in [-0.15, -0.1) is 0 Å². The zero-order chi connectivity index (χ0) is 18.0. The zero-order valence-electron chi connectivity index (χ0n) is 13.6. The molecule has 2 atom stereocenters. The summed E-state index contributed by atoms with van der Waals surface area (Å²) >= 11 is 12.2. The summed E-state index contributed by atoms with van der Waals surface area (Å²) in [5.41, 5.74) is 1.11. The summed E-state index contributed by atoms with van der Waals surface area (Å²) in [4.78, 5) is 23.0. The zero-order valence-corrected chi connectivity index (χ0v) is 15.1. The molecule has 0 aromatic carbocycles. The monoisotopic (exact) mass is 384 g/mol. The molecule has 7 nitrogen and oxygen atoms in total. The van der Waals surface area contributed by atoms with Crippen LogP contribution in [0.3, 0.4) is 0 Å². The van der Waals surface area contributed by atoms with Crippen LogP contribution in [0.25, 0.3) is 11.3 Å². The standard InChI is InChI=1S/C16H18Cl2N4O3/c1-22-14(12(17)8-20-22)11-6-13(25-15(11)18)16(24)21-10-3-2-9(4-5-23)19-7-10/h5-6,8-10,19H,2-4,7H2,1H3,(H,21,24). The Bertz CT molecular complexity index is 759. The van der Waals surface area contributed by atoms with Crippen LogP contribution in [0.5, 0.6) is 0 Å². The van der Waals surface area contributed by atoms with E-state index in [1.807, 2.05) is 0 Å². The van der Waals surface area contributed by atoms with Crippen molar-refractivity contribution in [3.05, 3.63) is 28.3 Å². The summed E-state index contributed by atoms with van der Waals surface area (Å²) in [5, 5.41) is 10.7. The van der Waals surface area contributed by atoms with Gasteiger partial charge in [-0.1, -0.05) is 11.6 Å². The minimum atomic E-state index is -0.341. The number of hydrogen-bond acceptors (Lipinski definition) is 5. The molecule has 2 aromatic rings. The van der Waals surface area contributed by atoms with Gasteiger partial charge in [-0.3, -0.25) is 9.48 Å². The highest BCUT2D eigenvalue weighted by Gasteiger charge is 2.25. The van der Waals surface area contributed by atoms with Gasteiger partial charge >= 0.3 is 0 Å². The Kier molecular flexibility index (Phi) is 5.46. The van der Waals surface area contributed by atoms with E-state index in [1.54, 1.807) is 17.8 Å². The Labute approximate surface area is 154 Å². The first-order chi connectivity index (χ1) is 12.0. The SMILES string of the molecule is Cn1ncc(Cl)c1-c1cc(C(=O)NC2CCC(CC=O)NC2)oc1Cl. The molecule has 1 fully saturated rings. The molecular weight excluding hydrogens is 367 g/mol. The van der Waals surface area contributed by atoms with E-state index in [-0.39, 0.29) is 29.0 Å². The second-order valence-corrected chi connectivity index (χ2v) is 6.77. The van der Waals surface area contributed by atoms with Gasteiger partial charge in [0.25, 0.3) is 5.91 Å². The molecule has 1 aliphatic heterocycles. The van der Waals surface area contributed by atoms with Gasteiger partial charge in [-0.25, -0.2) is 0 Å². The van der Waals surface area contributed by atoms with Crippen molar-refractivity contribution in [2.45, 2.75) is 31.3 Å². The Balaban J connectivity index is 1.68. The lowest BCUT2D eigenvalue weighted by molar-refractivity contribution is -0.108. The van der Waals surface area contributed by atoms with Crippen LogP contribution < -0.4 is 10.6 Å². The van der Waals surface area contributed by atoms with E-state index in [1.165, 1.54) is 6.20 Å². The van der Waals surface area contributed by atoms with Gasteiger partial charge in [0, 0.05) is 38.2 Å². The maximum absolute atomic E-state index is 12.4. The number of piperidine rings is 1. The van der Waals surface area contributed by atoms with Crippen LogP contribution in [0, 0.1) is 0 Å². The molecule has 9 heteroatoms. The van der Waals surface area contributed by atoms with Crippen molar-refractivity contribution in [1.82, 2.24) is 20.4 Å². The van der Waals surface area contributed by atoms with Crippen LogP contribution in [0.2, 0.25) is 10.2 Å². The molecule has 2 unspecified atom stereocenters. The van der Waals surface area contributed by atoms with Crippen molar-refractivity contribution in [3.63, 3.8) is 0 Å². The number of carbonyl (C=O) groups excluding carboxylic acids is 2. The van der Waals surface area contributed by atoms with Gasteiger partial charge in [-0.05, 0) is 24.4 Å². The number of hydrogen-bond donors (Lipinski definition) is 2. The fraction of sp³-hybridized carbons (Fsp3) is 0.438. The predicted octanol–water partition coefficient (Wildman–Crippen LogP) is 2.43. The van der Waals surface area contributed by atoms with E-state index in [0.29, 0.717) is 29.2 Å². The van der Waals surface area contributed by atoms with Crippen LogP contribution >= 0.6 is 23.2 Å². The summed E-state index contributed by atoms with van der Waals surface area (Å²) in [6.45, 7) is 0.610. The van der Waals surface area contributed by atoms with Gasteiger partial charge in [0.1, 0.15) is 6.29 Å². The summed E-state index contributed by atoms with van der Waals surface area (Å²) in [5.74, 6) is -0.223. The number of carbonyl (C=O) groups is 2. The fourth-order valence-electron chi connectivity index (χ4n) is 2.97. The van der Waals surface area contributed by atoms with Gasteiger partial charge in [0.2, 0.25) is 5.22 Å². The average Bonchev–Trinajstić information content (AvgIpc) is 3.12. The number of nitrogens with zero attached hydrogens (tertiary/aromatic N) is 2. The molecule has 0 spiro atoms. The van der Waals surface area contributed by atoms with Crippen molar-refractivity contribution < 1.29 is 14.0 Å². The summed E-state index contributed by atoms with van der Waals surface area (Å²) < 4.78 is 6.97.